The Kier molecular flexibility index (Phi) is 4.67. The SMILES string of the molecule is C[C@@H](OC(=O)CCc1ccncc1)C(C)(C)C. The van der Waals surface area contributed by atoms with Crippen LogP contribution in [-0.4, -0.2) is 17.1 Å². The highest BCUT2D eigenvalue weighted by atomic mass is 16.5. The van der Waals surface area contributed by atoms with Gasteiger partial charge in [0, 0.05) is 18.8 Å². The molecule has 0 amide bonds. The third-order valence-electron chi connectivity index (χ3n) is 2.89. The summed E-state index contributed by atoms with van der Waals surface area (Å²) in [5.74, 6) is -0.135. The normalized spacial score (nSPS) is 13.2. The van der Waals surface area contributed by atoms with E-state index in [1.54, 1.807) is 12.4 Å². The molecular weight excluding hydrogens is 214 g/mol. The first kappa shape index (κ1) is 13.7. The summed E-state index contributed by atoms with van der Waals surface area (Å²) in [6.07, 6.45) is 4.53. The van der Waals surface area contributed by atoms with E-state index >= 15 is 0 Å². The highest BCUT2D eigenvalue weighted by molar-refractivity contribution is 5.69. The van der Waals surface area contributed by atoms with E-state index in [0.717, 1.165) is 5.56 Å². The molecule has 0 bridgehead atoms. The zero-order valence-corrected chi connectivity index (χ0v) is 11.1. The monoisotopic (exact) mass is 235 g/mol. The number of aryl methyl sites for hydroxylation is 1. The molecule has 0 N–H and O–H groups in total. The summed E-state index contributed by atoms with van der Waals surface area (Å²) in [6.45, 7) is 8.12. The van der Waals surface area contributed by atoms with Gasteiger partial charge >= 0.3 is 5.97 Å². The van der Waals surface area contributed by atoms with E-state index in [1.807, 2.05) is 19.1 Å². The maximum Gasteiger partial charge on any atom is 0.306 e. The fourth-order valence-corrected chi connectivity index (χ4v) is 1.23. The summed E-state index contributed by atoms with van der Waals surface area (Å²) in [5.41, 5.74) is 1.10. The summed E-state index contributed by atoms with van der Waals surface area (Å²) in [5, 5.41) is 0. The predicted molar refractivity (Wildman–Crippen MR) is 67.6 cm³/mol. The van der Waals surface area contributed by atoms with Crippen LogP contribution in [-0.2, 0) is 16.0 Å². The Morgan fingerprint density at radius 2 is 1.94 bits per heavy atom. The van der Waals surface area contributed by atoms with Gasteiger partial charge in [0.15, 0.2) is 0 Å². The summed E-state index contributed by atoms with van der Waals surface area (Å²) in [6, 6.07) is 3.83. The predicted octanol–water partition coefficient (Wildman–Crippen LogP) is 2.99. The molecular formula is C14H21NO2. The van der Waals surface area contributed by atoms with Crippen LogP contribution >= 0.6 is 0 Å². The first-order valence-electron chi connectivity index (χ1n) is 5.98. The fraction of sp³-hybridized carbons (Fsp3) is 0.571. The van der Waals surface area contributed by atoms with Gasteiger partial charge in [-0.25, -0.2) is 0 Å². The molecule has 1 aromatic heterocycles. The van der Waals surface area contributed by atoms with Crippen LogP contribution in [0.3, 0.4) is 0 Å². The van der Waals surface area contributed by atoms with Crippen LogP contribution in [0, 0.1) is 5.41 Å². The minimum Gasteiger partial charge on any atom is -0.462 e. The largest absolute Gasteiger partial charge is 0.462 e. The molecule has 0 aliphatic rings. The molecule has 0 saturated heterocycles. The van der Waals surface area contributed by atoms with Crippen LogP contribution in [0.1, 0.15) is 39.7 Å². The van der Waals surface area contributed by atoms with E-state index in [-0.39, 0.29) is 17.5 Å². The highest BCUT2D eigenvalue weighted by Crippen LogP contribution is 2.22. The van der Waals surface area contributed by atoms with E-state index in [0.29, 0.717) is 12.8 Å². The first-order valence-corrected chi connectivity index (χ1v) is 5.98. The van der Waals surface area contributed by atoms with Gasteiger partial charge in [-0.1, -0.05) is 20.8 Å². The molecule has 0 saturated carbocycles. The maximum atomic E-state index is 11.6. The van der Waals surface area contributed by atoms with Gasteiger partial charge in [0.25, 0.3) is 0 Å². The van der Waals surface area contributed by atoms with Gasteiger partial charge in [-0.15, -0.1) is 0 Å². The van der Waals surface area contributed by atoms with Crippen molar-refractivity contribution in [3.8, 4) is 0 Å². The van der Waals surface area contributed by atoms with Crippen molar-refractivity contribution in [1.82, 2.24) is 4.98 Å². The zero-order chi connectivity index (χ0) is 12.9. The number of ether oxygens (including phenoxy) is 1. The molecule has 17 heavy (non-hydrogen) atoms. The van der Waals surface area contributed by atoms with Crippen molar-refractivity contribution in [2.45, 2.75) is 46.6 Å². The number of carbonyl (C=O) groups is 1. The van der Waals surface area contributed by atoms with Gasteiger partial charge in [-0.3, -0.25) is 9.78 Å². The van der Waals surface area contributed by atoms with E-state index in [1.165, 1.54) is 0 Å². The van der Waals surface area contributed by atoms with Gasteiger partial charge in [0.2, 0.25) is 0 Å². The number of carbonyl (C=O) groups excluding carboxylic acids is 1. The molecule has 0 aromatic carbocycles. The van der Waals surface area contributed by atoms with Crippen molar-refractivity contribution in [2.24, 2.45) is 5.41 Å². The lowest BCUT2D eigenvalue weighted by atomic mass is 9.90. The van der Waals surface area contributed by atoms with Crippen molar-refractivity contribution in [1.29, 1.82) is 0 Å². The molecule has 0 radical (unpaired) electrons. The average Bonchev–Trinajstić information content (AvgIpc) is 2.26. The topological polar surface area (TPSA) is 39.2 Å². The number of pyridine rings is 1. The summed E-state index contributed by atoms with van der Waals surface area (Å²) >= 11 is 0. The maximum absolute atomic E-state index is 11.6. The number of rotatable bonds is 4. The van der Waals surface area contributed by atoms with Crippen LogP contribution in [0.5, 0.6) is 0 Å². The van der Waals surface area contributed by atoms with Gasteiger partial charge in [-0.2, -0.15) is 0 Å². The Labute approximate surface area is 103 Å². The van der Waals surface area contributed by atoms with Crippen molar-refractivity contribution < 1.29 is 9.53 Å². The minimum absolute atomic E-state index is 0.00761. The first-order chi connectivity index (χ1) is 7.89. The van der Waals surface area contributed by atoms with E-state index in [4.69, 9.17) is 4.74 Å². The molecule has 0 fully saturated rings. The van der Waals surface area contributed by atoms with Gasteiger partial charge < -0.3 is 4.74 Å². The molecule has 0 aliphatic carbocycles. The molecule has 94 valence electrons. The Morgan fingerprint density at radius 1 is 1.35 bits per heavy atom. The van der Waals surface area contributed by atoms with Gasteiger partial charge in [-0.05, 0) is 36.5 Å². The second-order valence-electron chi connectivity index (χ2n) is 5.35. The molecule has 0 spiro atoms. The third-order valence-corrected chi connectivity index (χ3v) is 2.89. The lowest BCUT2D eigenvalue weighted by molar-refractivity contribution is -0.153. The van der Waals surface area contributed by atoms with Crippen molar-refractivity contribution >= 4 is 5.97 Å². The Bertz CT molecular complexity index is 354. The van der Waals surface area contributed by atoms with Gasteiger partial charge in [0.1, 0.15) is 6.10 Å². The number of aromatic nitrogens is 1. The molecule has 1 rings (SSSR count). The van der Waals surface area contributed by atoms with E-state index < -0.39 is 0 Å². The number of nitrogens with zero attached hydrogens (tertiary/aromatic N) is 1. The third kappa shape index (κ3) is 4.98. The zero-order valence-electron chi connectivity index (χ0n) is 11.1. The van der Waals surface area contributed by atoms with Crippen molar-refractivity contribution in [3.63, 3.8) is 0 Å². The molecule has 1 atom stereocenters. The minimum atomic E-state index is -0.135. The van der Waals surface area contributed by atoms with E-state index in [2.05, 4.69) is 25.8 Å². The average molecular weight is 235 g/mol. The molecule has 3 heteroatoms. The van der Waals surface area contributed by atoms with Crippen LogP contribution in [0.25, 0.3) is 0 Å². The molecule has 0 aliphatic heterocycles. The number of hydrogen-bond donors (Lipinski definition) is 0. The quantitative estimate of drug-likeness (QED) is 0.753. The Balaban J connectivity index is 2.36. The van der Waals surface area contributed by atoms with Crippen molar-refractivity contribution in [3.05, 3.63) is 30.1 Å². The van der Waals surface area contributed by atoms with Gasteiger partial charge in [0.05, 0.1) is 0 Å². The number of esters is 1. The standard InChI is InChI=1S/C14H21NO2/c1-11(14(2,3)4)17-13(16)6-5-12-7-9-15-10-8-12/h7-11H,5-6H2,1-4H3/t11-/m1/s1. The second-order valence-corrected chi connectivity index (χ2v) is 5.35. The number of hydrogen-bond acceptors (Lipinski definition) is 3. The summed E-state index contributed by atoms with van der Waals surface area (Å²) in [7, 11) is 0. The second kappa shape index (κ2) is 5.80. The molecule has 1 heterocycles. The molecule has 1 aromatic rings. The van der Waals surface area contributed by atoms with Crippen LogP contribution in [0.2, 0.25) is 0 Å². The molecule has 0 unspecified atom stereocenters. The summed E-state index contributed by atoms with van der Waals surface area (Å²) in [4.78, 5) is 15.6. The van der Waals surface area contributed by atoms with Crippen LogP contribution in [0.15, 0.2) is 24.5 Å². The molecule has 3 nitrogen and oxygen atoms in total. The lowest BCUT2D eigenvalue weighted by Crippen LogP contribution is -2.28. The highest BCUT2D eigenvalue weighted by Gasteiger charge is 2.23. The lowest BCUT2D eigenvalue weighted by Gasteiger charge is -2.26. The Hall–Kier alpha value is -1.38. The van der Waals surface area contributed by atoms with Crippen LogP contribution < -0.4 is 0 Å². The smallest absolute Gasteiger partial charge is 0.306 e. The fourth-order valence-electron chi connectivity index (χ4n) is 1.23. The summed E-state index contributed by atoms with van der Waals surface area (Å²) < 4.78 is 5.38. The van der Waals surface area contributed by atoms with Crippen LogP contribution in [0.4, 0.5) is 0 Å². The Morgan fingerprint density at radius 3 is 2.47 bits per heavy atom. The van der Waals surface area contributed by atoms with E-state index in [9.17, 15) is 4.79 Å². The van der Waals surface area contributed by atoms with Crippen molar-refractivity contribution in [2.75, 3.05) is 0 Å².